The Balaban J connectivity index is 2.28. The Labute approximate surface area is 126 Å². The van der Waals surface area contributed by atoms with Gasteiger partial charge in [0.1, 0.15) is 16.2 Å². The van der Waals surface area contributed by atoms with Gasteiger partial charge in [-0.1, -0.05) is 25.4 Å². The van der Waals surface area contributed by atoms with Gasteiger partial charge in [-0.25, -0.2) is 4.98 Å². The first-order valence-corrected chi connectivity index (χ1v) is 7.23. The van der Waals surface area contributed by atoms with Crippen molar-refractivity contribution in [2.75, 3.05) is 5.32 Å². The van der Waals surface area contributed by atoms with Crippen LogP contribution in [0.3, 0.4) is 0 Å². The van der Waals surface area contributed by atoms with E-state index in [1.165, 1.54) is 17.4 Å². The van der Waals surface area contributed by atoms with Gasteiger partial charge in [-0.15, -0.1) is 11.3 Å². The second-order valence-electron chi connectivity index (χ2n) is 4.49. The maximum Gasteiger partial charge on any atom is 0.256 e. The molecule has 0 aromatic carbocycles. The summed E-state index contributed by atoms with van der Waals surface area (Å²) in [5.41, 5.74) is 1.65. The minimum atomic E-state index is -0.296. The fraction of sp³-hybridized carbons (Fsp3) is 0.214. The van der Waals surface area contributed by atoms with Gasteiger partial charge in [0.15, 0.2) is 0 Å². The Morgan fingerprint density at radius 1 is 1.50 bits per heavy atom. The van der Waals surface area contributed by atoms with Crippen molar-refractivity contribution in [3.05, 3.63) is 45.6 Å². The molecule has 1 amide bonds. The Hall–Kier alpha value is -1.90. The van der Waals surface area contributed by atoms with Gasteiger partial charge in [0, 0.05) is 11.3 Å². The standard InChI is InChI=1S/C14H12ClN3OS/c1-8(2)11-5-10(6-12(15)17-11)13(19)18-14-9(7-16)3-4-20-14/h3-6,8H,1-2H3,(H,18,19). The number of halogens is 1. The Bertz CT molecular complexity index is 688. The summed E-state index contributed by atoms with van der Waals surface area (Å²) in [6.07, 6.45) is 0. The first-order chi connectivity index (χ1) is 9.51. The molecule has 6 heteroatoms. The van der Waals surface area contributed by atoms with E-state index in [-0.39, 0.29) is 17.0 Å². The van der Waals surface area contributed by atoms with Crippen LogP contribution in [0.1, 0.15) is 41.4 Å². The lowest BCUT2D eigenvalue weighted by atomic mass is 10.1. The van der Waals surface area contributed by atoms with E-state index in [1.807, 2.05) is 19.9 Å². The molecular formula is C14H12ClN3OS. The van der Waals surface area contributed by atoms with E-state index in [0.717, 1.165) is 5.69 Å². The highest BCUT2D eigenvalue weighted by Crippen LogP contribution is 2.24. The molecular weight excluding hydrogens is 294 g/mol. The van der Waals surface area contributed by atoms with Crippen LogP contribution in [0.5, 0.6) is 0 Å². The van der Waals surface area contributed by atoms with Crippen LogP contribution in [0, 0.1) is 11.3 Å². The Morgan fingerprint density at radius 3 is 2.90 bits per heavy atom. The molecule has 0 aliphatic rings. The number of hydrogen-bond acceptors (Lipinski definition) is 4. The molecule has 0 aliphatic heterocycles. The van der Waals surface area contributed by atoms with Crippen molar-refractivity contribution in [2.24, 2.45) is 0 Å². The molecule has 0 saturated carbocycles. The zero-order valence-corrected chi connectivity index (χ0v) is 12.5. The van der Waals surface area contributed by atoms with Gasteiger partial charge < -0.3 is 5.32 Å². The molecule has 2 heterocycles. The van der Waals surface area contributed by atoms with E-state index in [2.05, 4.69) is 10.3 Å². The summed E-state index contributed by atoms with van der Waals surface area (Å²) in [5, 5.41) is 14.2. The number of carbonyl (C=O) groups is 1. The number of rotatable bonds is 3. The third-order valence-electron chi connectivity index (χ3n) is 2.68. The largest absolute Gasteiger partial charge is 0.312 e. The van der Waals surface area contributed by atoms with E-state index >= 15 is 0 Å². The number of hydrogen-bond donors (Lipinski definition) is 1. The first kappa shape index (κ1) is 14.5. The smallest absolute Gasteiger partial charge is 0.256 e. The molecule has 20 heavy (non-hydrogen) atoms. The lowest BCUT2D eigenvalue weighted by Crippen LogP contribution is -2.13. The quantitative estimate of drug-likeness (QED) is 0.870. The third-order valence-corrected chi connectivity index (χ3v) is 3.70. The predicted octanol–water partition coefficient (Wildman–Crippen LogP) is 4.04. The topological polar surface area (TPSA) is 65.8 Å². The minimum absolute atomic E-state index is 0.177. The third kappa shape index (κ3) is 3.16. The molecule has 4 nitrogen and oxygen atoms in total. The van der Waals surface area contributed by atoms with Crippen molar-refractivity contribution >= 4 is 33.8 Å². The van der Waals surface area contributed by atoms with Crippen LogP contribution < -0.4 is 5.32 Å². The molecule has 1 N–H and O–H groups in total. The minimum Gasteiger partial charge on any atom is -0.312 e. The number of thiophene rings is 1. The van der Waals surface area contributed by atoms with Crippen LogP contribution in [0.2, 0.25) is 5.15 Å². The van der Waals surface area contributed by atoms with Crippen molar-refractivity contribution < 1.29 is 4.79 Å². The molecule has 0 saturated heterocycles. The summed E-state index contributed by atoms with van der Waals surface area (Å²) >= 11 is 7.25. The molecule has 2 aromatic rings. The predicted molar refractivity (Wildman–Crippen MR) is 80.3 cm³/mol. The number of carbonyl (C=O) groups excluding carboxylic acids is 1. The summed E-state index contributed by atoms with van der Waals surface area (Å²) < 4.78 is 0. The van der Waals surface area contributed by atoms with E-state index in [1.54, 1.807) is 17.5 Å². The second-order valence-corrected chi connectivity index (χ2v) is 5.79. The number of nitrogens with one attached hydrogen (secondary N) is 1. The number of amides is 1. The molecule has 0 unspecified atom stereocenters. The average Bonchev–Trinajstić information content (AvgIpc) is 2.85. The molecule has 2 rings (SSSR count). The molecule has 0 atom stereocenters. The Morgan fingerprint density at radius 2 is 2.25 bits per heavy atom. The molecule has 102 valence electrons. The highest BCUT2D eigenvalue weighted by molar-refractivity contribution is 7.14. The maximum atomic E-state index is 12.2. The number of pyridine rings is 1. The number of aromatic nitrogens is 1. The fourth-order valence-electron chi connectivity index (χ4n) is 1.61. The normalized spacial score (nSPS) is 10.3. The Kier molecular flexibility index (Phi) is 4.38. The number of nitrogens with zero attached hydrogens (tertiary/aromatic N) is 2. The van der Waals surface area contributed by atoms with Crippen LogP contribution in [0.15, 0.2) is 23.6 Å². The van der Waals surface area contributed by atoms with Gasteiger partial charge in [0.05, 0.1) is 5.56 Å². The molecule has 0 fully saturated rings. The van der Waals surface area contributed by atoms with Gasteiger partial charge >= 0.3 is 0 Å². The van der Waals surface area contributed by atoms with Crippen LogP contribution in [0.4, 0.5) is 5.00 Å². The molecule has 0 aliphatic carbocycles. The monoisotopic (exact) mass is 305 g/mol. The van der Waals surface area contributed by atoms with Gasteiger partial charge in [0.2, 0.25) is 0 Å². The van der Waals surface area contributed by atoms with Crippen LogP contribution in [0.25, 0.3) is 0 Å². The highest BCUT2D eigenvalue weighted by atomic mass is 35.5. The van der Waals surface area contributed by atoms with E-state index in [4.69, 9.17) is 16.9 Å². The average molecular weight is 306 g/mol. The fourth-order valence-corrected chi connectivity index (χ4v) is 2.56. The molecule has 2 aromatic heterocycles. The summed E-state index contributed by atoms with van der Waals surface area (Å²) in [6.45, 7) is 3.96. The second kappa shape index (κ2) is 6.04. The van der Waals surface area contributed by atoms with Crippen molar-refractivity contribution in [2.45, 2.75) is 19.8 Å². The number of anilines is 1. The maximum absolute atomic E-state index is 12.2. The van der Waals surface area contributed by atoms with Crippen molar-refractivity contribution in [3.63, 3.8) is 0 Å². The molecule has 0 bridgehead atoms. The SMILES string of the molecule is CC(C)c1cc(C(=O)Nc2sccc2C#N)cc(Cl)n1. The van der Waals surface area contributed by atoms with Crippen molar-refractivity contribution in [3.8, 4) is 6.07 Å². The summed E-state index contributed by atoms with van der Waals surface area (Å²) in [6, 6.07) is 6.93. The van der Waals surface area contributed by atoms with Gasteiger partial charge in [-0.05, 0) is 29.5 Å². The van der Waals surface area contributed by atoms with Gasteiger partial charge in [-0.3, -0.25) is 4.79 Å². The van der Waals surface area contributed by atoms with E-state index in [9.17, 15) is 4.79 Å². The van der Waals surface area contributed by atoms with E-state index < -0.39 is 0 Å². The lowest BCUT2D eigenvalue weighted by Gasteiger charge is -2.08. The van der Waals surface area contributed by atoms with Gasteiger partial charge in [0.25, 0.3) is 5.91 Å². The van der Waals surface area contributed by atoms with E-state index in [0.29, 0.717) is 16.1 Å². The van der Waals surface area contributed by atoms with Crippen LogP contribution in [-0.2, 0) is 0 Å². The van der Waals surface area contributed by atoms with Crippen molar-refractivity contribution in [1.29, 1.82) is 5.26 Å². The molecule has 0 radical (unpaired) electrons. The van der Waals surface area contributed by atoms with Crippen LogP contribution >= 0.6 is 22.9 Å². The zero-order chi connectivity index (χ0) is 14.7. The zero-order valence-electron chi connectivity index (χ0n) is 11.0. The lowest BCUT2D eigenvalue weighted by molar-refractivity contribution is 0.102. The molecule has 0 spiro atoms. The number of nitriles is 1. The first-order valence-electron chi connectivity index (χ1n) is 5.97. The van der Waals surface area contributed by atoms with Crippen molar-refractivity contribution in [1.82, 2.24) is 4.98 Å². The van der Waals surface area contributed by atoms with Crippen LogP contribution in [-0.4, -0.2) is 10.9 Å². The highest BCUT2D eigenvalue weighted by Gasteiger charge is 2.13. The summed E-state index contributed by atoms with van der Waals surface area (Å²) in [7, 11) is 0. The summed E-state index contributed by atoms with van der Waals surface area (Å²) in [4.78, 5) is 16.4. The van der Waals surface area contributed by atoms with Gasteiger partial charge in [-0.2, -0.15) is 5.26 Å². The summed E-state index contributed by atoms with van der Waals surface area (Å²) in [5.74, 6) is -0.119.